The Labute approximate surface area is 129 Å². The molecule has 1 atom stereocenters. The maximum Gasteiger partial charge on any atom is 0.126 e. The lowest BCUT2D eigenvalue weighted by Gasteiger charge is -2.16. The van der Waals surface area contributed by atoms with Crippen LogP contribution in [0.4, 0.5) is 8.78 Å². The topological polar surface area (TPSA) is 26.0 Å². The van der Waals surface area contributed by atoms with E-state index in [-0.39, 0.29) is 0 Å². The first-order valence-corrected chi connectivity index (χ1v) is 7.24. The molecule has 2 N–H and O–H groups in total. The van der Waals surface area contributed by atoms with Crippen molar-refractivity contribution in [2.75, 3.05) is 0 Å². The van der Waals surface area contributed by atoms with Gasteiger partial charge in [-0.3, -0.25) is 0 Å². The molecule has 0 saturated carbocycles. The lowest BCUT2D eigenvalue weighted by molar-refractivity contribution is 0.577. The van der Waals surface area contributed by atoms with E-state index in [0.717, 1.165) is 26.9 Å². The first kappa shape index (κ1) is 14.2. The molecular weight excluding hydrogens is 336 g/mol. The average Bonchev–Trinajstić information content (AvgIpc) is 2.46. The smallest absolute Gasteiger partial charge is 0.126 e. The van der Waals surface area contributed by atoms with Gasteiger partial charge in [0, 0.05) is 10.5 Å². The molecule has 0 radical (unpaired) electrons. The number of rotatable bonds is 2. The summed E-state index contributed by atoms with van der Waals surface area (Å²) >= 11 is 3.50. The molecule has 0 aliphatic heterocycles. The maximum absolute atomic E-state index is 13.4. The number of fused-ring (bicyclic) bond motifs is 1. The first-order chi connectivity index (χ1) is 10.1. The summed E-state index contributed by atoms with van der Waals surface area (Å²) in [5.41, 5.74) is 7.47. The van der Waals surface area contributed by atoms with E-state index in [0.29, 0.717) is 5.56 Å². The quantitative estimate of drug-likeness (QED) is 0.698. The van der Waals surface area contributed by atoms with Crippen molar-refractivity contribution in [2.24, 2.45) is 5.73 Å². The fourth-order valence-corrected chi connectivity index (χ4v) is 2.97. The number of hydrogen-bond acceptors (Lipinski definition) is 1. The summed E-state index contributed by atoms with van der Waals surface area (Å²) < 4.78 is 27.7. The molecule has 0 spiro atoms. The predicted octanol–water partition coefficient (Wildman–Crippen LogP) is 4.93. The zero-order chi connectivity index (χ0) is 15.0. The Morgan fingerprint density at radius 3 is 2.14 bits per heavy atom. The highest BCUT2D eigenvalue weighted by Crippen LogP contribution is 2.32. The van der Waals surface area contributed by atoms with Gasteiger partial charge in [-0.15, -0.1) is 0 Å². The Morgan fingerprint density at radius 2 is 1.48 bits per heavy atom. The monoisotopic (exact) mass is 347 g/mol. The summed E-state index contributed by atoms with van der Waals surface area (Å²) in [6.07, 6.45) is 0. The third-order valence-corrected chi connectivity index (χ3v) is 4.18. The van der Waals surface area contributed by atoms with Crippen molar-refractivity contribution < 1.29 is 8.78 Å². The summed E-state index contributed by atoms with van der Waals surface area (Å²) in [6, 6.07) is 14.3. The molecule has 0 amide bonds. The Kier molecular flexibility index (Phi) is 3.74. The minimum Gasteiger partial charge on any atom is -0.320 e. The zero-order valence-electron chi connectivity index (χ0n) is 11.0. The fraction of sp³-hybridized carbons (Fsp3) is 0.0588. The second-order valence-electron chi connectivity index (χ2n) is 4.86. The van der Waals surface area contributed by atoms with Crippen molar-refractivity contribution in [3.63, 3.8) is 0 Å². The van der Waals surface area contributed by atoms with Crippen LogP contribution in [0, 0.1) is 11.6 Å². The van der Waals surface area contributed by atoms with Gasteiger partial charge in [-0.25, -0.2) is 8.78 Å². The van der Waals surface area contributed by atoms with E-state index in [9.17, 15) is 8.78 Å². The summed E-state index contributed by atoms with van der Waals surface area (Å²) in [4.78, 5) is 0. The molecule has 0 saturated heterocycles. The van der Waals surface area contributed by atoms with Crippen LogP contribution in [0.3, 0.4) is 0 Å². The van der Waals surface area contributed by atoms with Crippen molar-refractivity contribution in [1.82, 2.24) is 0 Å². The standard InChI is InChI=1S/C17H12BrF2N/c18-16-6-5-15(13-3-1-2-4-14(13)16)17(21)10-7-11(19)9-12(20)8-10/h1-9,17H,21H2. The molecule has 0 heterocycles. The van der Waals surface area contributed by atoms with Crippen LogP contribution in [-0.2, 0) is 0 Å². The molecule has 0 aromatic heterocycles. The number of halogens is 3. The van der Waals surface area contributed by atoms with Gasteiger partial charge in [-0.2, -0.15) is 0 Å². The first-order valence-electron chi connectivity index (χ1n) is 6.45. The Balaban J connectivity index is 2.18. The average molecular weight is 348 g/mol. The molecule has 21 heavy (non-hydrogen) atoms. The van der Waals surface area contributed by atoms with Crippen LogP contribution in [0.15, 0.2) is 59.1 Å². The van der Waals surface area contributed by atoms with Crippen LogP contribution in [0.25, 0.3) is 10.8 Å². The highest BCUT2D eigenvalue weighted by atomic mass is 79.9. The molecule has 0 aliphatic carbocycles. The molecule has 3 aromatic rings. The highest BCUT2D eigenvalue weighted by Gasteiger charge is 2.15. The zero-order valence-corrected chi connectivity index (χ0v) is 12.6. The van der Waals surface area contributed by atoms with Crippen molar-refractivity contribution >= 4 is 26.7 Å². The van der Waals surface area contributed by atoms with E-state index >= 15 is 0 Å². The van der Waals surface area contributed by atoms with Crippen molar-refractivity contribution in [3.8, 4) is 0 Å². The lowest BCUT2D eigenvalue weighted by atomic mass is 9.94. The Hall–Kier alpha value is -1.78. The van der Waals surface area contributed by atoms with Gasteiger partial charge < -0.3 is 5.73 Å². The molecule has 4 heteroatoms. The molecule has 3 aromatic carbocycles. The normalized spacial score (nSPS) is 12.6. The number of nitrogens with two attached hydrogens (primary N) is 1. The van der Waals surface area contributed by atoms with Gasteiger partial charge in [0.1, 0.15) is 11.6 Å². The summed E-state index contributed by atoms with van der Waals surface area (Å²) in [6.45, 7) is 0. The molecule has 0 bridgehead atoms. The summed E-state index contributed by atoms with van der Waals surface area (Å²) in [7, 11) is 0. The number of benzene rings is 3. The second kappa shape index (κ2) is 5.54. The van der Waals surface area contributed by atoms with Gasteiger partial charge in [0.15, 0.2) is 0 Å². The highest BCUT2D eigenvalue weighted by molar-refractivity contribution is 9.10. The SMILES string of the molecule is NC(c1cc(F)cc(F)c1)c1ccc(Br)c2ccccc12. The van der Waals surface area contributed by atoms with E-state index in [1.807, 2.05) is 36.4 Å². The summed E-state index contributed by atoms with van der Waals surface area (Å²) in [5, 5.41) is 1.98. The third kappa shape index (κ3) is 2.69. The Morgan fingerprint density at radius 1 is 0.857 bits per heavy atom. The van der Waals surface area contributed by atoms with E-state index in [2.05, 4.69) is 15.9 Å². The van der Waals surface area contributed by atoms with Gasteiger partial charge >= 0.3 is 0 Å². The third-order valence-electron chi connectivity index (χ3n) is 3.48. The van der Waals surface area contributed by atoms with Crippen LogP contribution < -0.4 is 5.73 Å². The maximum atomic E-state index is 13.4. The molecule has 1 nitrogen and oxygen atoms in total. The number of hydrogen-bond donors (Lipinski definition) is 1. The molecule has 0 fully saturated rings. The minimum absolute atomic E-state index is 0.417. The van der Waals surface area contributed by atoms with E-state index in [4.69, 9.17) is 5.73 Å². The Bertz CT molecular complexity index is 797. The molecule has 3 rings (SSSR count). The van der Waals surface area contributed by atoms with Crippen LogP contribution in [0.5, 0.6) is 0 Å². The van der Waals surface area contributed by atoms with E-state index < -0.39 is 17.7 Å². The van der Waals surface area contributed by atoms with Crippen LogP contribution in [0.1, 0.15) is 17.2 Å². The molecule has 0 aliphatic rings. The van der Waals surface area contributed by atoms with Gasteiger partial charge in [0.05, 0.1) is 6.04 Å². The molecule has 1 unspecified atom stereocenters. The van der Waals surface area contributed by atoms with Gasteiger partial charge in [0.2, 0.25) is 0 Å². The van der Waals surface area contributed by atoms with E-state index in [1.165, 1.54) is 12.1 Å². The van der Waals surface area contributed by atoms with Crippen molar-refractivity contribution in [3.05, 3.63) is 81.8 Å². The van der Waals surface area contributed by atoms with Crippen molar-refractivity contribution in [1.29, 1.82) is 0 Å². The minimum atomic E-state index is -0.623. The van der Waals surface area contributed by atoms with Crippen LogP contribution in [0.2, 0.25) is 0 Å². The van der Waals surface area contributed by atoms with Gasteiger partial charge in [-0.05, 0) is 40.1 Å². The van der Waals surface area contributed by atoms with E-state index in [1.54, 1.807) is 0 Å². The fourth-order valence-electron chi connectivity index (χ4n) is 2.49. The van der Waals surface area contributed by atoms with Crippen molar-refractivity contribution in [2.45, 2.75) is 6.04 Å². The lowest BCUT2D eigenvalue weighted by Crippen LogP contribution is -2.13. The molecule has 106 valence electrons. The predicted molar refractivity (Wildman–Crippen MR) is 84.0 cm³/mol. The van der Waals surface area contributed by atoms with Crippen LogP contribution in [-0.4, -0.2) is 0 Å². The van der Waals surface area contributed by atoms with Crippen LogP contribution >= 0.6 is 15.9 Å². The van der Waals surface area contributed by atoms with Gasteiger partial charge in [-0.1, -0.05) is 46.3 Å². The molecular formula is C17H12BrF2N. The summed E-state index contributed by atoms with van der Waals surface area (Å²) in [5.74, 6) is -1.25. The largest absolute Gasteiger partial charge is 0.320 e. The van der Waals surface area contributed by atoms with Gasteiger partial charge in [0.25, 0.3) is 0 Å². The second-order valence-corrected chi connectivity index (χ2v) is 5.72.